The first kappa shape index (κ1) is 21.4. The van der Waals surface area contributed by atoms with Crippen LogP contribution in [0.4, 0.5) is 10.1 Å². The first-order chi connectivity index (χ1) is 13.3. The maximum absolute atomic E-state index is 13.5. The zero-order valence-corrected chi connectivity index (χ0v) is 17.0. The minimum absolute atomic E-state index is 0.0783. The molecular weight excluding hydrogens is 355 g/mol. The van der Waals surface area contributed by atoms with E-state index in [0.717, 1.165) is 29.8 Å². The standard InChI is InChI=1S/C22H29FN4O/c1-16(28)27-20-10-8-17(9-11-20)12-13-25-21(24-4)26-15-22(2,3)18-6-5-7-19(23)14-18/h5-11,14H,12-13,15H2,1-4H3,(H,27,28)(H2,24,25,26). The van der Waals surface area contributed by atoms with E-state index in [9.17, 15) is 9.18 Å². The SMILES string of the molecule is CN=C(NCCc1ccc(NC(C)=O)cc1)NCC(C)(C)c1cccc(F)c1. The number of nitrogens with zero attached hydrogens (tertiary/aromatic N) is 1. The van der Waals surface area contributed by atoms with Gasteiger partial charge in [-0.25, -0.2) is 4.39 Å². The Kier molecular flexibility index (Phi) is 7.55. The molecule has 2 aromatic rings. The van der Waals surface area contributed by atoms with Crippen LogP contribution in [0, 0.1) is 5.82 Å². The molecule has 2 aromatic carbocycles. The molecule has 150 valence electrons. The summed E-state index contributed by atoms with van der Waals surface area (Å²) in [6, 6.07) is 14.5. The van der Waals surface area contributed by atoms with Crippen LogP contribution < -0.4 is 16.0 Å². The van der Waals surface area contributed by atoms with Gasteiger partial charge in [0.25, 0.3) is 0 Å². The predicted octanol–water partition coefficient (Wildman–Crippen LogP) is 3.47. The number of hydrogen-bond acceptors (Lipinski definition) is 2. The summed E-state index contributed by atoms with van der Waals surface area (Å²) in [5, 5.41) is 9.36. The van der Waals surface area contributed by atoms with Gasteiger partial charge in [0.1, 0.15) is 5.82 Å². The lowest BCUT2D eigenvalue weighted by Gasteiger charge is -2.27. The number of halogens is 1. The van der Waals surface area contributed by atoms with Crippen molar-refractivity contribution in [2.75, 3.05) is 25.5 Å². The number of rotatable bonds is 7. The van der Waals surface area contributed by atoms with E-state index in [2.05, 4.69) is 34.8 Å². The van der Waals surface area contributed by atoms with Gasteiger partial charge in [0, 0.05) is 38.2 Å². The van der Waals surface area contributed by atoms with Gasteiger partial charge in [-0.2, -0.15) is 0 Å². The highest BCUT2D eigenvalue weighted by Gasteiger charge is 2.21. The molecule has 0 saturated heterocycles. The lowest BCUT2D eigenvalue weighted by molar-refractivity contribution is -0.114. The Bertz CT molecular complexity index is 816. The Morgan fingerprint density at radius 2 is 1.82 bits per heavy atom. The molecule has 0 unspecified atom stereocenters. The second-order valence-electron chi connectivity index (χ2n) is 7.37. The molecule has 0 heterocycles. The van der Waals surface area contributed by atoms with Crippen molar-refractivity contribution >= 4 is 17.6 Å². The van der Waals surface area contributed by atoms with E-state index in [-0.39, 0.29) is 17.1 Å². The summed E-state index contributed by atoms with van der Waals surface area (Å²) in [6.45, 7) is 6.98. The molecule has 0 fully saturated rings. The highest BCUT2D eigenvalue weighted by Crippen LogP contribution is 2.22. The number of nitrogens with one attached hydrogen (secondary N) is 3. The van der Waals surface area contributed by atoms with E-state index in [1.165, 1.54) is 13.0 Å². The third-order valence-electron chi connectivity index (χ3n) is 4.51. The number of guanidine groups is 1. The van der Waals surface area contributed by atoms with Crippen LogP contribution in [0.5, 0.6) is 0 Å². The molecule has 0 aromatic heterocycles. The smallest absolute Gasteiger partial charge is 0.221 e. The molecule has 1 amide bonds. The number of amides is 1. The summed E-state index contributed by atoms with van der Waals surface area (Å²) in [7, 11) is 1.73. The molecule has 0 aliphatic heterocycles. The number of anilines is 1. The van der Waals surface area contributed by atoms with Crippen LogP contribution in [0.15, 0.2) is 53.5 Å². The fourth-order valence-corrected chi connectivity index (χ4v) is 2.82. The quantitative estimate of drug-likeness (QED) is 0.506. The summed E-state index contributed by atoms with van der Waals surface area (Å²) < 4.78 is 13.5. The van der Waals surface area contributed by atoms with E-state index in [4.69, 9.17) is 0 Å². The van der Waals surface area contributed by atoms with Crippen LogP contribution in [0.1, 0.15) is 31.9 Å². The Morgan fingerprint density at radius 1 is 1.11 bits per heavy atom. The van der Waals surface area contributed by atoms with E-state index >= 15 is 0 Å². The summed E-state index contributed by atoms with van der Waals surface area (Å²) in [5.41, 5.74) is 2.66. The van der Waals surface area contributed by atoms with Crippen molar-refractivity contribution in [2.24, 2.45) is 4.99 Å². The lowest BCUT2D eigenvalue weighted by atomic mass is 9.84. The molecule has 0 saturated carbocycles. The van der Waals surface area contributed by atoms with E-state index in [1.807, 2.05) is 30.3 Å². The van der Waals surface area contributed by atoms with Gasteiger partial charge < -0.3 is 16.0 Å². The highest BCUT2D eigenvalue weighted by atomic mass is 19.1. The fraction of sp³-hybridized carbons (Fsp3) is 0.364. The van der Waals surface area contributed by atoms with Crippen molar-refractivity contribution < 1.29 is 9.18 Å². The minimum Gasteiger partial charge on any atom is -0.356 e. The van der Waals surface area contributed by atoms with Crippen LogP contribution in [-0.4, -0.2) is 32.0 Å². The van der Waals surface area contributed by atoms with Gasteiger partial charge in [-0.1, -0.05) is 38.1 Å². The fourth-order valence-electron chi connectivity index (χ4n) is 2.82. The Morgan fingerprint density at radius 3 is 2.43 bits per heavy atom. The molecule has 0 aliphatic rings. The maximum atomic E-state index is 13.5. The van der Waals surface area contributed by atoms with Gasteiger partial charge >= 0.3 is 0 Å². The van der Waals surface area contributed by atoms with Crippen molar-refractivity contribution in [3.63, 3.8) is 0 Å². The minimum atomic E-state index is -0.237. The first-order valence-electron chi connectivity index (χ1n) is 9.37. The zero-order valence-electron chi connectivity index (χ0n) is 17.0. The van der Waals surface area contributed by atoms with E-state index < -0.39 is 0 Å². The Balaban J connectivity index is 1.82. The summed E-state index contributed by atoms with van der Waals surface area (Å²) in [4.78, 5) is 15.3. The summed E-state index contributed by atoms with van der Waals surface area (Å²) in [6.07, 6.45) is 0.828. The highest BCUT2D eigenvalue weighted by molar-refractivity contribution is 5.88. The molecule has 28 heavy (non-hydrogen) atoms. The van der Waals surface area contributed by atoms with Crippen molar-refractivity contribution in [1.29, 1.82) is 0 Å². The number of benzene rings is 2. The number of carbonyl (C=O) groups is 1. The Labute approximate surface area is 166 Å². The van der Waals surface area contributed by atoms with E-state index in [0.29, 0.717) is 12.5 Å². The molecule has 6 heteroatoms. The van der Waals surface area contributed by atoms with Gasteiger partial charge in [0.15, 0.2) is 5.96 Å². The second-order valence-corrected chi connectivity index (χ2v) is 7.37. The second kappa shape index (κ2) is 9.88. The molecule has 5 nitrogen and oxygen atoms in total. The summed E-state index contributed by atoms with van der Waals surface area (Å²) in [5.74, 6) is 0.405. The average Bonchev–Trinajstić information content (AvgIpc) is 2.65. The van der Waals surface area contributed by atoms with Crippen molar-refractivity contribution in [1.82, 2.24) is 10.6 Å². The van der Waals surface area contributed by atoms with E-state index in [1.54, 1.807) is 19.2 Å². The average molecular weight is 384 g/mol. The van der Waals surface area contributed by atoms with Crippen LogP contribution >= 0.6 is 0 Å². The maximum Gasteiger partial charge on any atom is 0.221 e. The molecular formula is C22H29FN4O. The predicted molar refractivity (Wildman–Crippen MR) is 113 cm³/mol. The van der Waals surface area contributed by atoms with Crippen molar-refractivity contribution in [3.05, 3.63) is 65.5 Å². The molecule has 0 radical (unpaired) electrons. The zero-order chi connectivity index (χ0) is 20.6. The molecule has 3 N–H and O–H groups in total. The molecule has 0 aliphatic carbocycles. The monoisotopic (exact) mass is 384 g/mol. The summed E-state index contributed by atoms with van der Waals surface area (Å²) >= 11 is 0. The van der Waals surface area contributed by atoms with Gasteiger partial charge in [-0.05, 0) is 41.8 Å². The number of aliphatic imine (C=N–C) groups is 1. The van der Waals surface area contributed by atoms with Gasteiger partial charge in [0.2, 0.25) is 5.91 Å². The normalized spacial score (nSPS) is 11.8. The van der Waals surface area contributed by atoms with Gasteiger partial charge in [0.05, 0.1) is 0 Å². The number of hydrogen-bond donors (Lipinski definition) is 3. The topological polar surface area (TPSA) is 65.5 Å². The third kappa shape index (κ3) is 6.68. The first-order valence-corrected chi connectivity index (χ1v) is 9.37. The molecule has 0 spiro atoms. The number of carbonyl (C=O) groups excluding carboxylic acids is 1. The van der Waals surface area contributed by atoms with Crippen LogP contribution in [0.2, 0.25) is 0 Å². The van der Waals surface area contributed by atoms with Crippen molar-refractivity contribution in [2.45, 2.75) is 32.6 Å². The molecule has 0 atom stereocenters. The van der Waals surface area contributed by atoms with Gasteiger partial charge in [-0.15, -0.1) is 0 Å². The van der Waals surface area contributed by atoms with Crippen LogP contribution in [0.3, 0.4) is 0 Å². The van der Waals surface area contributed by atoms with Crippen molar-refractivity contribution in [3.8, 4) is 0 Å². The largest absolute Gasteiger partial charge is 0.356 e. The molecule has 0 bridgehead atoms. The lowest BCUT2D eigenvalue weighted by Crippen LogP contribution is -2.44. The Hall–Kier alpha value is -2.89. The molecule has 2 rings (SSSR count). The van der Waals surface area contributed by atoms with Gasteiger partial charge in [-0.3, -0.25) is 9.79 Å². The van der Waals surface area contributed by atoms with Crippen LogP contribution in [0.25, 0.3) is 0 Å². The van der Waals surface area contributed by atoms with Crippen LogP contribution in [-0.2, 0) is 16.6 Å². The third-order valence-corrected chi connectivity index (χ3v) is 4.51.